The molecule has 3 rings (SSSR count). The summed E-state index contributed by atoms with van der Waals surface area (Å²) in [6.45, 7) is 23.7. The lowest BCUT2D eigenvalue weighted by Gasteiger charge is -2.43. The van der Waals surface area contributed by atoms with Crippen LogP contribution in [0.1, 0.15) is 124 Å². The van der Waals surface area contributed by atoms with Gasteiger partial charge in [0.05, 0.1) is 26.2 Å². The van der Waals surface area contributed by atoms with Crippen molar-refractivity contribution in [3.05, 3.63) is 90.5 Å². The zero-order chi connectivity index (χ0) is 33.2. The molecular weight excluding hydrogens is 586 g/mol. The Bertz CT molecular complexity index is 1130. The van der Waals surface area contributed by atoms with E-state index < -0.39 is 8.32 Å². The second-order valence-electron chi connectivity index (χ2n) is 13.7. The smallest absolute Gasteiger partial charge is 0.319 e. The zero-order valence-corrected chi connectivity index (χ0v) is 31.4. The predicted octanol–water partition coefficient (Wildman–Crippen LogP) is 7.23. The lowest BCUT2D eigenvalue weighted by atomic mass is 10.1. The minimum atomic E-state index is -2.63. The van der Waals surface area contributed by atoms with Crippen molar-refractivity contribution in [3.63, 3.8) is 0 Å². The third-order valence-electron chi connectivity index (χ3n) is 9.13. The molecule has 0 fully saturated rings. The topological polar surface area (TPSA) is 26.3 Å². The monoisotopic (exact) mass is 649 g/mol. The summed E-state index contributed by atoms with van der Waals surface area (Å²) in [5.74, 6) is 0.957. The Balaban J connectivity index is 0.000000510. The fourth-order valence-electron chi connectivity index (χ4n) is 6.38. The van der Waals surface area contributed by atoms with Gasteiger partial charge in [0.25, 0.3) is 0 Å². The average Bonchev–Trinajstić information content (AvgIpc) is 3.07. The SMILES string of the molecule is CCC(=O)c1ccc(O[Si](c2ccccc2)(c2ccccc2)C(C)(C)C)cc1.CCCC[N+](CCCC)(CCCC)CCCC.[F-]. The van der Waals surface area contributed by atoms with Gasteiger partial charge in [0.15, 0.2) is 5.78 Å². The van der Waals surface area contributed by atoms with Gasteiger partial charge in [-0.3, -0.25) is 4.79 Å². The Hall–Kier alpha value is -2.76. The van der Waals surface area contributed by atoms with E-state index in [1.54, 1.807) is 0 Å². The third-order valence-corrected chi connectivity index (χ3v) is 14.1. The number of unbranched alkanes of at least 4 members (excludes halogenated alkanes) is 4. The van der Waals surface area contributed by atoms with Crippen LogP contribution < -0.4 is 19.5 Å². The van der Waals surface area contributed by atoms with Crippen molar-refractivity contribution >= 4 is 24.5 Å². The standard InChI is InChI=1S/C25H28O2Si.C16H36N.FH/c1-5-24(26)20-16-18-21(19-17-20)27-28(25(2,3)4,22-12-8-6-9-13-22)23-14-10-7-11-15-23;1-5-9-13-17(14-10-6-2,15-11-7-3)16-12-8-4;/h6-19H,5H2,1-4H3;5-16H2,1-4H3;1H/q;+1;/p-1. The number of rotatable bonds is 18. The molecule has 0 saturated carbocycles. The first-order valence-electron chi connectivity index (χ1n) is 17.9. The molecular formula is C41H64FNO2Si. The molecule has 0 amide bonds. The second kappa shape index (κ2) is 21.2. The molecule has 0 unspecified atom stereocenters. The molecule has 0 aliphatic rings. The molecule has 0 atom stereocenters. The van der Waals surface area contributed by atoms with Gasteiger partial charge in [0.1, 0.15) is 5.75 Å². The lowest BCUT2D eigenvalue weighted by molar-refractivity contribution is -0.929. The van der Waals surface area contributed by atoms with E-state index in [4.69, 9.17) is 4.43 Å². The normalized spacial score (nSPS) is 11.7. The number of quaternary nitrogens is 1. The first kappa shape index (κ1) is 41.3. The van der Waals surface area contributed by atoms with Gasteiger partial charge >= 0.3 is 8.32 Å². The van der Waals surface area contributed by atoms with Crippen LogP contribution in [0.25, 0.3) is 0 Å². The Labute approximate surface area is 282 Å². The lowest BCUT2D eigenvalue weighted by Crippen LogP contribution is -3.00. The summed E-state index contributed by atoms with van der Waals surface area (Å²) in [6, 6.07) is 28.7. The number of halogens is 1. The van der Waals surface area contributed by atoms with Crippen LogP contribution >= 0.6 is 0 Å². The molecule has 46 heavy (non-hydrogen) atoms. The van der Waals surface area contributed by atoms with Crippen molar-refractivity contribution in [1.29, 1.82) is 0 Å². The van der Waals surface area contributed by atoms with Crippen molar-refractivity contribution in [1.82, 2.24) is 0 Å². The molecule has 0 saturated heterocycles. The summed E-state index contributed by atoms with van der Waals surface area (Å²) >= 11 is 0. The van der Waals surface area contributed by atoms with E-state index in [-0.39, 0.29) is 15.5 Å². The number of carbonyl (C=O) groups excluding carboxylic acids is 1. The van der Waals surface area contributed by atoms with E-state index in [0.717, 1.165) is 11.3 Å². The summed E-state index contributed by atoms with van der Waals surface area (Å²) in [7, 11) is -2.63. The molecule has 3 aromatic carbocycles. The van der Waals surface area contributed by atoms with E-state index in [0.29, 0.717) is 6.42 Å². The fourth-order valence-corrected chi connectivity index (χ4v) is 10.8. The van der Waals surface area contributed by atoms with Gasteiger partial charge in [-0.15, -0.1) is 0 Å². The predicted molar refractivity (Wildman–Crippen MR) is 199 cm³/mol. The maximum atomic E-state index is 12.0. The number of hydrogen-bond donors (Lipinski definition) is 0. The van der Waals surface area contributed by atoms with E-state index in [1.165, 1.54) is 92.4 Å². The Kier molecular flexibility index (Phi) is 19.0. The van der Waals surface area contributed by atoms with Crippen LogP contribution in [0.4, 0.5) is 0 Å². The molecule has 0 spiro atoms. The van der Waals surface area contributed by atoms with Gasteiger partial charge < -0.3 is 13.6 Å². The molecule has 0 N–H and O–H groups in total. The van der Waals surface area contributed by atoms with Crippen molar-refractivity contribution in [2.45, 2.75) is 118 Å². The fraction of sp³-hybridized carbons (Fsp3) is 0.537. The highest BCUT2D eigenvalue weighted by Gasteiger charge is 2.52. The van der Waals surface area contributed by atoms with Crippen molar-refractivity contribution < 1.29 is 18.4 Å². The minimum Gasteiger partial charge on any atom is -1.00 e. The number of nitrogens with zero attached hydrogens (tertiary/aromatic N) is 1. The molecule has 256 valence electrons. The second-order valence-corrected chi connectivity index (χ2v) is 17.9. The van der Waals surface area contributed by atoms with E-state index in [1.807, 2.05) is 43.3 Å². The van der Waals surface area contributed by atoms with Crippen molar-refractivity contribution in [2.75, 3.05) is 26.2 Å². The average molecular weight is 650 g/mol. The highest BCUT2D eigenvalue weighted by molar-refractivity contribution is 7.00. The largest absolute Gasteiger partial charge is 1.00 e. The zero-order valence-electron chi connectivity index (χ0n) is 30.4. The number of ketones is 1. The quantitative estimate of drug-likeness (QED) is 0.0826. The van der Waals surface area contributed by atoms with Crippen LogP contribution in [0.3, 0.4) is 0 Å². The molecule has 0 aliphatic heterocycles. The summed E-state index contributed by atoms with van der Waals surface area (Å²) in [6.07, 6.45) is 11.6. The van der Waals surface area contributed by atoms with E-state index >= 15 is 0 Å². The van der Waals surface area contributed by atoms with Gasteiger partial charge in [-0.2, -0.15) is 0 Å². The van der Waals surface area contributed by atoms with Gasteiger partial charge in [-0.05, 0) is 65.4 Å². The summed E-state index contributed by atoms with van der Waals surface area (Å²) < 4.78 is 8.35. The van der Waals surface area contributed by atoms with Crippen LogP contribution in [0, 0.1) is 0 Å². The van der Waals surface area contributed by atoms with Crippen molar-refractivity contribution in [2.24, 2.45) is 0 Å². The molecule has 0 aliphatic carbocycles. The summed E-state index contributed by atoms with van der Waals surface area (Å²) in [5, 5.41) is 2.39. The molecule has 3 nitrogen and oxygen atoms in total. The van der Waals surface area contributed by atoms with Crippen LogP contribution in [-0.4, -0.2) is 44.8 Å². The number of carbonyl (C=O) groups is 1. The maximum absolute atomic E-state index is 12.0. The van der Waals surface area contributed by atoms with Crippen molar-refractivity contribution in [3.8, 4) is 5.75 Å². The van der Waals surface area contributed by atoms with Gasteiger partial charge in [-0.1, -0.05) is 142 Å². The molecule has 0 aromatic heterocycles. The Morgan fingerprint density at radius 3 is 1.28 bits per heavy atom. The van der Waals surface area contributed by atoms with Gasteiger partial charge in [-0.25, -0.2) is 0 Å². The number of Topliss-reactive ketones (excluding diaryl/α,β-unsaturated/α-hetero) is 1. The maximum Gasteiger partial charge on any atom is 0.319 e. The Morgan fingerprint density at radius 2 is 0.978 bits per heavy atom. The first-order valence-corrected chi connectivity index (χ1v) is 19.8. The van der Waals surface area contributed by atoms with Crippen LogP contribution in [-0.2, 0) is 0 Å². The van der Waals surface area contributed by atoms with Crippen LogP contribution in [0.15, 0.2) is 84.9 Å². The first-order chi connectivity index (χ1) is 21.6. The van der Waals surface area contributed by atoms with E-state index in [2.05, 4.69) is 97.0 Å². The molecule has 5 heteroatoms. The molecule has 0 bridgehead atoms. The number of benzene rings is 3. The van der Waals surface area contributed by atoms with Crippen LogP contribution in [0.5, 0.6) is 5.75 Å². The number of hydrogen-bond acceptors (Lipinski definition) is 2. The molecule has 3 aromatic rings. The van der Waals surface area contributed by atoms with Crippen LogP contribution in [0.2, 0.25) is 5.04 Å². The Morgan fingerprint density at radius 1 is 0.609 bits per heavy atom. The molecule has 0 heterocycles. The third kappa shape index (κ3) is 11.8. The highest BCUT2D eigenvalue weighted by atomic mass is 28.4. The van der Waals surface area contributed by atoms with Gasteiger partial charge in [0, 0.05) is 12.0 Å². The van der Waals surface area contributed by atoms with Gasteiger partial charge in [0.2, 0.25) is 0 Å². The van der Waals surface area contributed by atoms with E-state index in [9.17, 15) is 4.79 Å². The highest BCUT2D eigenvalue weighted by Crippen LogP contribution is 2.37. The summed E-state index contributed by atoms with van der Waals surface area (Å²) in [5.41, 5.74) is 0.734. The molecule has 0 radical (unpaired) electrons. The minimum absolute atomic E-state index is 0. The summed E-state index contributed by atoms with van der Waals surface area (Å²) in [4.78, 5) is 12.0.